The third-order valence-corrected chi connectivity index (χ3v) is 7.56. The van der Waals surface area contributed by atoms with Crippen LogP contribution in [0.2, 0.25) is 0 Å². The second-order valence-electron chi connectivity index (χ2n) is 8.52. The van der Waals surface area contributed by atoms with Crippen molar-refractivity contribution in [1.29, 1.82) is 5.26 Å². The molecule has 3 saturated carbocycles. The fourth-order valence-electron chi connectivity index (χ4n) is 4.92. The van der Waals surface area contributed by atoms with Gasteiger partial charge in [-0.15, -0.1) is 10.2 Å². The predicted octanol–water partition coefficient (Wildman–Crippen LogP) is 1.93. The number of anilines is 1. The van der Waals surface area contributed by atoms with Gasteiger partial charge in [0.15, 0.2) is 0 Å². The number of aromatic nitrogens is 2. The number of nitriles is 1. The molecule has 2 bridgehead atoms. The van der Waals surface area contributed by atoms with Crippen molar-refractivity contribution in [2.75, 3.05) is 18.4 Å². The number of fused-ring (bicyclic) bond motifs is 3. The molecule has 156 valence electrons. The van der Waals surface area contributed by atoms with Crippen molar-refractivity contribution in [1.82, 2.24) is 20.4 Å². The number of likely N-dealkylation sites (tertiary alicyclic amines) is 1. The molecule has 1 aliphatic heterocycles. The van der Waals surface area contributed by atoms with Gasteiger partial charge in [-0.3, -0.25) is 9.59 Å². The first-order chi connectivity index (χ1) is 13.8. The Hall–Kier alpha value is -2.12. The van der Waals surface area contributed by atoms with E-state index in [9.17, 15) is 14.0 Å². The Labute approximate surface area is 172 Å². The van der Waals surface area contributed by atoms with Crippen LogP contribution in [0.15, 0.2) is 0 Å². The molecule has 1 aromatic rings. The average molecular weight is 421 g/mol. The zero-order chi connectivity index (χ0) is 20.6. The van der Waals surface area contributed by atoms with Crippen molar-refractivity contribution < 1.29 is 14.0 Å². The van der Waals surface area contributed by atoms with Gasteiger partial charge in [0.2, 0.25) is 16.9 Å². The molecule has 0 spiro atoms. The number of halogens is 1. The van der Waals surface area contributed by atoms with Crippen molar-refractivity contribution in [3.63, 3.8) is 0 Å². The van der Waals surface area contributed by atoms with Gasteiger partial charge < -0.3 is 15.5 Å². The van der Waals surface area contributed by atoms with Crippen LogP contribution in [-0.2, 0) is 9.59 Å². The van der Waals surface area contributed by atoms with Gasteiger partial charge in [-0.2, -0.15) is 5.26 Å². The molecule has 2 heterocycles. The van der Waals surface area contributed by atoms with Gasteiger partial charge in [-0.25, -0.2) is 4.39 Å². The molecule has 2 atom stereocenters. The van der Waals surface area contributed by atoms with Crippen molar-refractivity contribution >= 4 is 28.3 Å². The molecule has 0 radical (unpaired) electrons. The van der Waals surface area contributed by atoms with Gasteiger partial charge in [0.1, 0.15) is 17.2 Å². The van der Waals surface area contributed by atoms with E-state index in [2.05, 4.69) is 20.8 Å². The van der Waals surface area contributed by atoms with Gasteiger partial charge in [0.05, 0.1) is 19.2 Å². The van der Waals surface area contributed by atoms with Crippen LogP contribution in [0, 0.1) is 23.7 Å². The molecular weight excluding hydrogens is 395 g/mol. The number of rotatable bonds is 5. The minimum Gasteiger partial charge on any atom is -0.323 e. The number of nitrogens with one attached hydrogen (secondary N) is 2. The summed E-state index contributed by atoms with van der Waals surface area (Å²) in [5.41, 5.74) is -0.538. The van der Waals surface area contributed by atoms with E-state index in [1.807, 2.05) is 13.0 Å². The van der Waals surface area contributed by atoms with Crippen LogP contribution in [0.3, 0.4) is 0 Å². The van der Waals surface area contributed by atoms with E-state index in [0.717, 1.165) is 43.5 Å². The number of amides is 2. The molecule has 2 amide bonds. The van der Waals surface area contributed by atoms with Crippen LogP contribution in [0.25, 0.3) is 0 Å². The predicted molar refractivity (Wildman–Crippen MR) is 105 cm³/mol. The van der Waals surface area contributed by atoms with Crippen LogP contribution in [0.5, 0.6) is 0 Å². The van der Waals surface area contributed by atoms with E-state index in [-0.39, 0.29) is 42.3 Å². The highest BCUT2D eigenvalue weighted by atomic mass is 32.1. The summed E-state index contributed by atoms with van der Waals surface area (Å²) < 4.78 is 13.6. The molecule has 0 aromatic carbocycles. The van der Waals surface area contributed by atoms with E-state index in [1.54, 1.807) is 0 Å². The topological polar surface area (TPSA) is 111 Å². The highest BCUT2D eigenvalue weighted by Crippen LogP contribution is 2.52. The maximum Gasteiger partial charge on any atom is 0.237 e. The van der Waals surface area contributed by atoms with Crippen LogP contribution in [0.1, 0.15) is 50.0 Å². The summed E-state index contributed by atoms with van der Waals surface area (Å²) in [6, 6.07) is 1.35. The molecule has 8 nitrogen and oxygen atoms in total. The van der Waals surface area contributed by atoms with E-state index >= 15 is 0 Å². The highest BCUT2D eigenvalue weighted by molar-refractivity contribution is 7.15. The molecule has 10 heteroatoms. The number of carbonyl (C=O) groups excluding carboxylic acids is 2. The summed E-state index contributed by atoms with van der Waals surface area (Å²) in [6.45, 7) is 1.96. The molecule has 3 aliphatic carbocycles. The number of hydrogen-bond donors (Lipinski definition) is 2. The second kappa shape index (κ2) is 7.61. The summed E-state index contributed by atoms with van der Waals surface area (Å²) in [6.07, 6.45) is 3.70. The van der Waals surface area contributed by atoms with Gasteiger partial charge in [-0.1, -0.05) is 11.3 Å². The molecule has 5 rings (SSSR count). The van der Waals surface area contributed by atoms with E-state index in [4.69, 9.17) is 5.26 Å². The molecule has 1 saturated heterocycles. The normalized spacial score (nSPS) is 33.5. The van der Waals surface area contributed by atoms with Crippen LogP contribution >= 0.6 is 11.3 Å². The lowest BCUT2D eigenvalue weighted by Crippen LogP contribution is -2.59. The van der Waals surface area contributed by atoms with E-state index in [1.165, 1.54) is 16.2 Å². The average Bonchev–Trinajstić information content (AvgIpc) is 3.32. The lowest BCUT2D eigenvalue weighted by Gasteiger charge is -2.52. The Kier molecular flexibility index (Phi) is 5.29. The SMILES string of the molecule is Cc1nnc(NC(=O)C23CCC(NCC(=O)N4C[C@@H](F)C[C@H]4C#N)(CC2)CC3)s1. The smallest absolute Gasteiger partial charge is 0.237 e. The molecular formula is C19H25FN6O2S. The molecule has 1 aromatic heterocycles. The molecule has 0 unspecified atom stereocenters. The van der Waals surface area contributed by atoms with Gasteiger partial charge in [-0.05, 0) is 45.4 Å². The standard InChI is InChI=1S/C19H25FN6O2S/c1-12-24-25-17(29-12)23-16(28)18-2-5-19(6-3-18,7-4-18)22-10-15(27)26-11-13(20)8-14(26)9-21/h13-14,22H,2-8,10-11H2,1H3,(H,23,25,28)/t13-,14-,18?,19?/m0/s1. The van der Waals surface area contributed by atoms with Crippen molar-refractivity contribution in [2.45, 2.75) is 69.6 Å². The van der Waals surface area contributed by atoms with Crippen molar-refractivity contribution in [3.05, 3.63) is 5.01 Å². The minimum absolute atomic E-state index is 0.000108. The Balaban J connectivity index is 1.32. The number of aryl methyl sites for hydroxylation is 1. The van der Waals surface area contributed by atoms with Crippen LogP contribution in [-0.4, -0.2) is 57.8 Å². The Morgan fingerprint density at radius 2 is 1.97 bits per heavy atom. The lowest BCUT2D eigenvalue weighted by molar-refractivity contribution is -0.135. The summed E-state index contributed by atoms with van der Waals surface area (Å²) in [4.78, 5) is 26.7. The first kappa shape index (κ1) is 20.2. The van der Waals surface area contributed by atoms with Gasteiger partial charge >= 0.3 is 0 Å². The largest absolute Gasteiger partial charge is 0.323 e. The fraction of sp³-hybridized carbons (Fsp3) is 0.737. The first-order valence-corrected chi connectivity index (χ1v) is 10.9. The molecule has 2 N–H and O–H groups in total. The third kappa shape index (κ3) is 3.85. The summed E-state index contributed by atoms with van der Waals surface area (Å²) >= 11 is 1.37. The first-order valence-electron chi connectivity index (χ1n) is 10.0. The maximum atomic E-state index is 13.6. The number of alkyl halides is 1. The summed E-state index contributed by atoms with van der Waals surface area (Å²) in [5.74, 6) is -0.209. The van der Waals surface area contributed by atoms with Gasteiger partial charge in [0, 0.05) is 17.4 Å². The minimum atomic E-state index is -1.12. The number of hydrogen-bond acceptors (Lipinski definition) is 7. The Morgan fingerprint density at radius 3 is 2.55 bits per heavy atom. The molecule has 4 aliphatic rings. The molecule has 4 fully saturated rings. The quantitative estimate of drug-likeness (QED) is 0.753. The number of nitrogens with zero attached hydrogens (tertiary/aromatic N) is 4. The third-order valence-electron chi connectivity index (χ3n) is 6.81. The second-order valence-corrected chi connectivity index (χ2v) is 9.70. The lowest BCUT2D eigenvalue weighted by atomic mass is 9.57. The zero-order valence-corrected chi connectivity index (χ0v) is 17.2. The van der Waals surface area contributed by atoms with Crippen molar-refractivity contribution in [2.24, 2.45) is 5.41 Å². The van der Waals surface area contributed by atoms with Gasteiger partial charge in [0.25, 0.3) is 0 Å². The summed E-state index contributed by atoms with van der Waals surface area (Å²) in [7, 11) is 0. The van der Waals surface area contributed by atoms with E-state index in [0.29, 0.717) is 5.13 Å². The number of carbonyl (C=O) groups is 2. The maximum absolute atomic E-state index is 13.6. The van der Waals surface area contributed by atoms with E-state index < -0.39 is 12.2 Å². The molecule has 29 heavy (non-hydrogen) atoms. The monoisotopic (exact) mass is 420 g/mol. The fourth-order valence-corrected chi connectivity index (χ4v) is 5.50. The Bertz CT molecular complexity index is 827. The Morgan fingerprint density at radius 1 is 1.28 bits per heavy atom. The highest BCUT2D eigenvalue weighted by Gasteiger charge is 2.52. The van der Waals surface area contributed by atoms with Crippen LogP contribution in [0.4, 0.5) is 9.52 Å². The van der Waals surface area contributed by atoms with Crippen LogP contribution < -0.4 is 10.6 Å². The summed E-state index contributed by atoms with van der Waals surface area (Å²) in [5, 5.41) is 24.7. The van der Waals surface area contributed by atoms with Crippen molar-refractivity contribution in [3.8, 4) is 6.07 Å². The zero-order valence-electron chi connectivity index (χ0n) is 16.4.